The second-order valence-electron chi connectivity index (χ2n) is 12.5. The fourth-order valence-corrected chi connectivity index (χ4v) is 8.19. The molecule has 0 radical (unpaired) electrons. The molecule has 0 unspecified atom stereocenters. The van der Waals surface area contributed by atoms with Crippen LogP contribution in [0.4, 0.5) is 0 Å². The highest BCUT2D eigenvalue weighted by Crippen LogP contribution is 2.38. The van der Waals surface area contributed by atoms with Gasteiger partial charge in [-0.1, -0.05) is 37.5 Å². The fraction of sp³-hybridized carbons (Fsp3) is 0.562. The maximum atomic E-state index is 13.9. The topological polar surface area (TPSA) is 222 Å². The predicted molar refractivity (Wildman–Crippen MR) is 180 cm³/mol. The number of hydrogen-bond acceptors (Lipinski definition) is 7. The van der Waals surface area contributed by atoms with Gasteiger partial charge in [-0.3, -0.25) is 29.0 Å². The number of piperazine rings is 1. The lowest BCUT2D eigenvalue weighted by molar-refractivity contribution is -0.158. The Hall–Kier alpha value is -4.27. The number of primary amides is 1. The highest BCUT2D eigenvalue weighted by atomic mass is 32.2. The molecule has 15 heteroatoms. The van der Waals surface area contributed by atoms with Gasteiger partial charge >= 0.3 is 0 Å². The Morgan fingerprint density at radius 1 is 1.04 bits per heavy atom. The van der Waals surface area contributed by atoms with Crippen LogP contribution in [0.2, 0.25) is 0 Å². The highest BCUT2D eigenvalue weighted by molar-refractivity contribution is 8.00. The quantitative estimate of drug-likeness (QED) is 0.0988. The third-order valence-corrected chi connectivity index (χ3v) is 10.5. The Balaban J connectivity index is 1.28. The minimum absolute atomic E-state index is 0.00377. The monoisotopic (exact) mass is 667 g/mol. The fourth-order valence-electron chi connectivity index (χ4n) is 6.93. The van der Waals surface area contributed by atoms with E-state index in [0.29, 0.717) is 18.6 Å². The van der Waals surface area contributed by atoms with Gasteiger partial charge in [-0.05, 0) is 43.2 Å². The van der Waals surface area contributed by atoms with Crippen molar-refractivity contribution in [3.63, 3.8) is 0 Å². The van der Waals surface area contributed by atoms with Crippen LogP contribution in [0, 0.1) is 5.92 Å². The van der Waals surface area contributed by atoms with Crippen LogP contribution in [0.5, 0.6) is 0 Å². The summed E-state index contributed by atoms with van der Waals surface area (Å²) in [6, 6.07) is 4.93. The van der Waals surface area contributed by atoms with Crippen molar-refractivity contribution >= 4 is 58.2 Å². The van der Waals surface area contributed by atoms with E-state index in [1.54, 1.807) is 22.9 Å². The molecule has 3 aliphatic rings. The van der Waals surface area contributed by atoms with Crippen molar-refractivity contribution in [2.45, 2.75) is 81.3 Å². The van der Waals surface area contributed by atoms with Gasteiger partial charge < -0.3 is 42.6 Å². The number of rotatable bonds is 13. The zero-order valence-electron chi connectivity index (χ0n) is 26.5. The number of nitrogens with one attached hydrogen (secondary N) is 3. The molecule has 0 bridgehead atoms. The van der Waals surface area contributed by atoms with E-state index in [4.69, 9.17) is 17.2 Å². The molecule has 5 rings (SSSR count). The Kier molecular flexibility index (Phi) is 11.3. The van der Waals surface area contributed by atoms with Crippen molar-refractivity contribution in [3.05, 3.63) is 36.0 Å². The first-order valence-corrected chi connectivity index (χ1v) is 17.4. The molecule has 2 saturated heterocycles. The normalized spacial score (nSPS) is 21.5. The molecule has 1 saturated carbocycles. The molecule has 14 nitrogen and oxygen atoms in total. The molecule has 47 heavy (non-hydrogen) atoms. The van der Waals surface area contributed by atoms with E-state index in [1.807, 2.05) is 24.3 Å². The minimum Gasteiger partial charge on any atom is -0.370 e. The lowest BCUT2D eigenvalue weighted by Gasteiger charge is -2.50. The van der Waals surface area contributed by atoms with Crippen LogP contribution in [0.25, 0.3) is 10.9 Å². The molecule has 5 amide bonds. The first-order valence-electron chi connectivity index (χ1n) is 16.3. The van der Waals surface area contributed by atoms with E-state index in [1.165, 1.54) is 4.90 Å². The molecule has 9 N–H and O–H groups in total. The smallest absolute Gasteiger partial charge is 0.246 e. The number of aromatic amines is 1. The number of benzene rings is 1. The molecule has 254 valence electrons. The van der Waals surface area contributed by atoms with Gasteiger partial charge in [0.1, 0.15) is 18.1 Å². The van der Waals surface area contributed by atoms with E-state index in [0.717, 1.165) is 48.6 Å². The first kappa shape index (κ1) is 34.1. The van der Waals surface area contributed by atoms with Gasteiger partial charge in [-0.25, -0.2) is 0 Å². The van der Waals surface area contributed by atoms with Crippen LogP contribution in [0.1, 0.15) is 56.9 Å². The predicted octanol–water partition coefficient (Wildman–Crippen LogP) is 0.302. The third-order valence-electron chi connectivity index (χ3n) is 9.25. The molecule has 3 heterocycles. The number of nitrogens with two attached hydrogens (primary N) is 3. The van der Waals surface area contributed by atoms with Gasteiger partial charge in [-0.2, -0.15) is 0 Å². The van der Waals surface area contributed by atoms with E-state index >= 15 is 0 Å². The zero-order chi connectivity index (χ0) is 33.5. The number of hydrogen-bond donors (Lipinski definition) is 6. The number of aliphatic imine (C=N–C) groups is 1. The van der Waals surface area contributed by atoms with E-state index in [2.05, 4.69) is 20.6 Å². The molecule has 4 atom stereocenters. The summed E-state index contributed by atoms with van der Waals surface area (Å²) >= 11 is 1.63. The van der Waals surface area contributed by atoms with Crippen LogP contribution in [0.15, 0.2) is 35.5 Å². The molecule has 1 aromatic carbocycles. The number of H-pyrrole nitrogens is 1. The second-order valence-corrected chi connectivity index (χ2v) is 13.8. The van der Waals surface area contributed by atoms with Crippen molar-refractivity contribution in [2.24, 2.45) is 28.1 Å². The number of carbonyl (C=O) groups excluding carboxylic acids is 5. The summed E-state index contributed by atoms with van der Waals surface area (Å²) in [5.74, 6) is -1.41. The van der Waals surface area contributed by atoms with Crippen LogP contribution in [0.3, 0.4) is 0 Å². The van der Waals surface area contributed by atoms with Gasteiger partial charge in [0.2, 0.25) is 29.5 Å². The summed E-state index contributed by atoms with van der Waals surface area (Å²) in [6.07, 6.45) is 7.74. The number of amides is 5. The summed E-state index contributed by atoms with van der Waals surface area (Å²) < 4.78 is 0. The lowest BCUT2D eigenvalue weighted by Crippen LogP contribution is -2.67. The summed E-state index contributed by atoms with van der Waals surface area (Å²) in [5, 5.41) is 6.20. The molecule has 2 aliphatic heterocycles. The Bertz CT molecular complexity index is 1500. The number of thioether (sulfide) groups is 1. The molecule has 1 aliphatic carbocycles. The second kappa shape index (κ2) is 15.5. The van der Waals surface area contributed by atoms with Crippen molar-refractivity contribution in [1.82, 2.24) is 25.4 Å². The van der Waals surface area contributed by atoms with Gasteiger partial charge in [-0.15, -0.1) is 11.8 Å². The number of aromatic nitrogens is 1. The molecule has 2 aromatic rings. The third kappa shape index (κ3) is 8.37. The maximum absolute atomic E-state index is 13.9. The maximum Gasteiger partial charge on any atom is 0.246 e. The number of fused-ring (bicyclic) bond motifs is 2. The van der Waals surface area contributed by atoms with Crippen LogP contribution in [-0.2, 0) is 30.4 Å². The van der Waals surface area contributed by atoms with E-state index < -0.39 is 35.8 Å². The summed E-state index contributed by atoms with van der Waals surface area (Å²) in [7, 11) is 0. The summed E-state index contributed by atoms with van der Waals surface area (Å²) in [4.78, 5) is 76.9. The molecule has 1 aromatic heterocycles. The van der Waals surface area contributed by atoms with Crippen LogP contribution >= 0.6 is 11.8 Å². The molecular formula is C32H45N9O5S. The Morgan fingerprint density at radius 2 is 1.81 bits per heavy atom. The average molecular weight is 668 g/mol. The van der Waals surface area contributed by atoms with E-state index in [9.17, 15) is 24.0 Å². The minimum atomic E-state index is -1.04. The van der Waals surface area contributed by atoms with Crippen molar-refractivity contribution in [3.8, 4) is 0 Å². The van der Waals surface area contributed by atoms with Crippen LogP contribution < -0.4 is 27.8 Å². The number of nitrogens with zero attached hydrogens (tertiary/aromatic N) is 3. The Labute approximate surface area is 278 Å². The SMILES string of the molecule is NC(=O)[C@H](Cc1c[nH]c2ccccc12)NC(=O)[C@H](CCCN=C(N)N)NC(=O)CN1C[C@@H]2SCCC(=O)N2[C@@H](C2CCCCC2)C1=O. The molecule has 3 fully saturated rings. The Morgan fingerprint density at radius 3 is 2.55 bits per heavy atom. The van der Waals surface area contributed by atoms with Crippen molar-refractivity contribution in [1.29, 1.82) is 0 Å². The zero-order valence-corrected chi connectivity index (χ0v) is 27.3. The van der Waals surface area contributed by atoms with Crippen molar-refractivity contribution < 1.29 is 24.0 Å². The van der Waals surface area contributed by atoms with Crippen LogP contribution in [-0.4, -0.2) is 99.2 Å². The summed E-state index contributed by atoms with van der Waals surface area (Å²) in [5.41, 5.74) is 18.3. The largest absolute Gasteiger partial charge is 0.370 e. The van der Waals surface area contributed by atoms with Gasteiger partial charge in [0.15, 0.2) is 5.96 Å². The lowest BCUT2D eigenvalue weighted by atomic mass is 9.81. The number of para-hydroxylation sites is 1. The first-order chi connectivity index (χ1) is 22.6. The highest BCUT2D eigenvalue weighted by Gasteiger charge is 2.48. The summed E-state index contributed by atoms with van der Waals surface area (Å²) in [6.45, 7) is 0.210. The molecular weight excluding hydrogens is 622 g/mol. The average Bonchev–Trinajstić information content (AvgIpc) is 3.45. The van der Waals surface area contributed by atoms with Crippen molar-refractivity contribution in [2.75, 3.05) is 25.4 Å². The standard InChI is InChI=1S/C32H45N9O5S/c33-29(44)24(15-20-16-37-22-10-5-4-9-21(20)22)39-30(45)23(11-6-13-36-32(34)35)38-25(42)17-40-18-27-41(26(43)12-14-47-27)28(31(40)46)19-7-2-1-3-8-19/h4-5,9-10,16,19,23-24,27-28,37H,1-3,6-8,11-15,17-18H2,(H2,33,44)(H,38,42)(H,39,45)(H4,34,35,36)/t23-,24-,27-,28-/m0/s1. The number of guanidine groups is 1. The van der Waals surface area contributed by atoms with Gasteiger partial charge in [0.05, 0.1) is 18.5 Å². The van der Waals surface area contributed by atoms with Gasteiger partial charge in [0, 0.05) is 42.2 Å². The van der Waals surface area contributed by atoms with Gasteiger partial charge in [0.25, 0.3) is 0 Å². The van der Waals surface area contributed by atoms with E-state index in [-0.39, 0.29) is 61.5 Å². The molecule has 0 spiro atoms. The number of carbonyl (C=O) groups is 5.